The van der Waals surface area contributed by atoms with Crippen LogP contribution in [0.15, 0.2) is 59.4 Å². The lowest BCUT2D eigenvalue weighted by Gasteiger charge is -2.13. The highest BCUT2D eigenvalue weighted by molar-refractivity contribution is 6.28. The molecule has 5 aromatic rings. The van der Waals surface area contributed by atoms with Crippen LogP contribution in [0.1, 0.15) is 0 Å². The normalized spacial score (nSPS) is 11.7. The molecule has 5 heteroatoms. The van der Waals surface area contributed by atoms with E-state index in [4.69, 9.17) is 11.6 Å². The molecule has 4 aromatic carbocycles. The molecular formula is C19H10ClN3O. The zero-order valence-electron chi connectivity index (χ0n) is 12.4. The summed E-state index contributed by atoms with van der Waals surface area (Å²) in [6.45, 7) is 0. The van der Waals surface area contributed by atoms with E-state index in [2.05, 4.69) is 57.4 Å². The third kappa shape index (κ3) is 1.83. The zero-order valence-corrected chi connectivity index (χ0v) is 13.1. The Kier molecular flexibility index (Phi) is 2.67. The van der Waals surface area contributed by atoms with E-state index in [1.165, 1.54) is 16.2 Å². The van der Waals surface area contributed by atoms with E-state index in [9.17, 15) is 4.79 Å². The largest absolute Gasteiger partial charge is 0.349 e. The summed E-state index contributed by atoms with van der Waals surface area (Å²) in [7, 11) is 0. The first-order valence-corrected chi connectivity index (χ1v) is 7.89. The molecule has 5 rings (SSSR count). The number of hydrogen-bond acceptors (Lipinski definition) is 3. The second-order valence-electron chi connectivity index (χ2n) is 5.74. The van der Waals surface area contributed by atoms with E-state index in [1.54, 1.807) is 0 Å². The van der Waals surface area contributed by atoms with Gasteiger partial charge in [-0.15, -0.1) is 0 Å². The van der Waals surface area contributed by atoms with Crippen molar-refractivity contribution in [2.75, 3.05) is 0 Å². The number of hydrogen-bond donors (Lipinski definition) is 1. The smallest absolute Gasteiger partial charge is 0.280 e. The maximum atomic E-state index is 11.7. The van der Waals surface area contributed by atoms with E-state index in [0.717, 1.165) is 21.7 Å². The fourth-order valence-electron chi connectivity index (χ4n) is 3.41. The van der Waals surface area contributed by atoms with Gasteiger partial charge in [0.1, 0.15) is 0 Å². The second-order valence-corrected chi connectivity index (χ2v) is 6.10. The molecule has 1 N–H and O–H groups in total. The Morgan fingerprint density at radius 2 is 1.46 bits per heavy atom. The summed E-state index contributed by atoms with van der Waals surface area (Å²) in [5.74, 6) is 0.335. The van der Waals surface area contributed by atoms with Crippen molar-refractivity contribution in [1.82, 2.24) is 15.0 Å². The fourth-order valence-corrected chi connectivity index (χ4v) is 3.57. The molecule has 0 bridgehead atoms. The molecule has 0 amide bonds. The Morgan fingerprint density at radius 1 is 0.792 bits per heavy atom. The van der Waals surface area contributed by atoms with E-state index in [-0.39, 0.29) is 5.28 Å². The van der Waals surface area contributed by atoms with Crippen LogP contribution in [-0.4, -0.2) is 15.0 Å². The first-order valence-electron chi connectivity index (χ1n) is 7.51. The van der Waals surface area contributed by atoms with Crippen molar-refractivity contribution in [2.45, 2.75) is 0 Å². The molecule has 1 aromatic heterocycles. The lowest BCUT2D eigenvalue weighted by molar-refractivity contribution is 0.997. The van der Waals surface area contributed by atoms with Crippen LogP contribution in [0.5, 0.6) is 0 Å². The Hall–Kier alpha value is -2.98. The highest BCUT2D eigenvalue weighted by atomic mass is 35.5. The van der Waals surface area contributed by atoms with Crippen LogP contribution in [0.25, 0.3) is 43.7 Å². The first-order chi connectivity index (χ1) is 11.7. The molecule has 0 atom stereocenters. The number of aromatic amines is 1. The van der Waals surface area contributed by atoms with Crippen LogP contribution in [0, 0.1) is 0 Å². The van der Waals surface area contributed by atoms with Crippen molar-refractivity contribution in [2.24, 2.45) is 0 Å². The van der Waals surface area contributed by atoms with Crippen molar-refractivity contribution in [1.29, 1.82) is 0 Å². The summed E-state index contributed by atoms with van der Waals surface area (Å²) in [6, 6.07) is 18.6. The molecule has 0 saturated carbocycles. The quantitative estimate of drug-likeness (QED) is 0.464. The topological polar surface area (TPSA) is 58.6 Å². The fraction of sp³-hybridized carbons (Fsp3) is 0. The number of aromatic nitrogens is 3. The Labute approximate surface area is 141 Å². The molecule has 0 fully saturated rings. The minimum absolute atomic E-state index is 0.0377. The van der Waals surface area contributed by atoms with Gasteiger partial charge in [0.05, 0.1) is 0 Å². The van der Waals surface area contributed by atoms with Gasteiger partial charge in [-0.05, 0) is 50.0 Å². The predicted molar refractivity (Wildman–Crippen MR) is 96.8 cm³/mol. The maximum Gasteiger partial charge on any atom is 0.349 e. The molecule has 0 aliphatic heterocycles. The molecular weight excluding hydrogens is 322 g/mol. The van der Waals surface area contributed by atoms with Crippen LogP contribution < -0.4 is 5.69 Å². The minimum Gasteiger partial charge on any atom is -0.280 e. The third-order valence-corrected chi connectivity index (χ3v) is 4.57. The molecule has 0 aliphatic rings. The molecule has 24 heavy (non-hydrogen) atoms. The van der Waals surface area contributed by atoms with Gasteiger partial charge in [0.2, 0.25) is 5.28 Å². The average Bonchev–Trinajstić information content (AvgIpc) is 2.58. The molecule has 0 spiro atoms. The van der Waals surface area contributed by atoms with Crippen molar-refractivity contribution < 1.29 is 0 Å². The van der Waals surface area contributed by atoms with Crippen molar-refractivity contribution in [3.05, 3.63) is 70.4 Å². The second kappa shape index (κ2) is 4.76. The lowest BCUT2D eigenvalue weighted by Crippen LogP contribution is -2.13. The van der Waals surface area contributed by atoms with Gasteiger partial charge in [-0.2, -0.15) is 9.97 Å². The third-order valence-electron chi connectivity index (χ3n) is 4.39. The van der Waals surface area contributed by atoms with Crippen molar-refractivity contribution >= 4 is 43.9 Å². The van der Waals surface area contributed by atoms with E-state index in [0.29, 0.717) is 5.82 Å². The number of halogens is 1. The van der Waals surface area contributed by atoms with E-state index in [1.807, 2.05) is 12.1 Å². The summed E-state index contributed by atoms with van der Waals surface area (Å²) >= 11 is 5.90. The molecule has 0 aliphatic carbocycles. The maximum absolute atomic E-state index is 11.7. The summed E-state index contributed by atoms with van der Waals surface area (Å²) in [4.78, 5) is 22.2. The number of nitrogens with zero attached hydrogens (tertiary/aromatic N) is 2. The van der Waals surface area contributed by atoms with Crippen LogP contribution in [0.3, 0.4) is 0 Å². The van der Waals surface area contributed by atoms with Gasteiger partial charge in [0, 0.05) is 5.56 Å². The minimum atomic E-state index is -0.504. The summed E-state index contributed by atoms with van der Waals surface area (Å²) in [6.07, 6.45) is 0. The summed E-state index contributed by atoms with van der Waals surface area (Å²) in [5.41, 5.74) is 0.296. The van der Waals surface area contributed by atoms with Gasteiger partial charge < -0.3 is 0 Å². The van der Waals surface area contributed by atoms with Crippen LogP contribution in [0.2, 0.25) is 5.28 Å². The molecule has 1 heterocycles. The van der Waals surface area contributed by atoms with Gasteiger partial charge in [0.15, 0.2) is 5.82 Å². The molecule has 0 saturated heterocycles. The van der Waals surface area contributed by atoms with Crippen molar-refractivity contribution in [3.8, 4) is 11.4 Å². The van der Waals surface area contributed by atoms with Gasteiger partial charge in [-0.1, -0.05) is 48.5 Å². The Balaban J connectivity index is 1.99. The van der Waals surface area contributed by atoms with Crippen LogP contribution in [0.4, 0.5) is 0 Å². The number of benzene rings is 4. The summed E-state index contributed by atoms with van der Waals surface area (Å²) in [5, 5.41) is 6.94. The van der Waals surface area contributed by atoms with Gasteiger partial charge >= 0.3 is 5.69 Å². The first kappa shape index (κ1) is 13.5. The Bertz CT molecular complexity index is 1280. The monoisotopic (exact) mass is 331 g/mol. The SMILES string of the molecule is O=c1nc(-c2ccc3ccc4cccc5ccc2c3c45)nc(Cl)[nH]1. The number of rotatable bonds is 1. The molecule has 0 radical (unpaired) electrons. The van der Waals surface area contributed by atoms with Gasteiger partial charge in [-0.3, -0.25) is 4.98 Å². The van der Waals surface area contributed by atoms with Gasteiger partial charge in [-0.25, -0.2) is 4.79 Å². The van der Waals surface area contributed by atoms with Gasteiger partial charge in [0.25, 0.3) is 0 Å². The zero-order chi connectivity index (χ0) is 16.3. The van der Waals surface area contributed by atoms with E-state index >= 15 is 0 Å². The van der Waals surface area contributed by atoms with Crippen LogP contribution in [-0.2, 0) is 0 Å². The standard InChI is InChI=1S/C19H10ClN3O/c20-18-21-17(22-19(24)23-18)14-9-7-12-5-4-10-2-1-3-11-6-8-13(14)16(12)15(10)11/h1-9H,(H,21,22,23,24). The van der Waals surface area contributed by atoms with E-state index < -0.39 is 5.69 Å². The Morgan fingerprint density at radius 3 is 2.21 bits per heavy atom. The highest BCUT2D eigenvalue weighted by Gasteiger charge is 2.14. The molecule has 114 valence electrons. The van der Waals surface area contributed by atoms with Crippen molar-refractivity contribution in [3.63, 3.8) is 0 Å². The number of H-pyrrole nitrogens is 1. The molecule has 4 nitrogen and oxygen atoms in total. The van der Waals surface area contributed by atoms with Crippen LogP contribution >= 0.6 is 11.6 Å². The average molecular weight is 332 g/mol. The predicted octanol–water partition coefficient (Wildman–Crippen LogP) is 4.38. The number of nitrogens with one attached hydrogen (secondary N) is 1. The lowest BCUT2D eigenvalue weighted by atomic mass is 9.92. The highest BCUT2D eigenvalue weighted by Crippen LogP contribution is 2.38. The molecule has 0 unspecified atom stereocenters. The summed E-state index contributed by atoms with van der Waals surface area (Å²) < 4.78 is 0.